The quantitative estimate of drug-likeness (QED) is 0.797. The van der Waals surface area contributed by atoms with Gasteiger partial charge in [-0.05, 0) is 24.6 Å². The maximum atomic E-state index is 8.74. The molecule has 0 bridgehead atoms. The Hall–Kier alpha value is -2.54. The van der Waals surface area contributed by atoms with Crippen LogP contribution in [0.25, 0.3) is 0 Å². The van der Waals surface area contributed by atoms with Crippen LogP contribution in [0.3, 0.4) is 0 Å². The minimum Gasteiger partial charge on any atom is -0.457 e. The third kappa shape index (κ3) is 2.52. The Morgan fingerprint density at radius 3 is 2.88 bits per heavy atom. The fraction of sp³-hybridized carbons (Fsp3) is 0.0769. The summed E-state index contributed by atoms with van der Waals surface area (Å²) in [7, 11) is 0. The number of hydrogen-bond donors (Lipinski definition) is 1. The van der Waals surface area contributed by atoms with Crippen LogP contribution in [0.4, 0.5) is 5.69 Å². The van der Waals surface area contributed by atoms with E-state index >= 15 is 0 Å². The van der Waals surface area contributed by atoms with Crippen molar-refractivity contribution in [3.8, 4) is 17.6 Å². The summed E-state index contributed by atoms with van der Waals surface area (Å²) < 4.78 is 5.66. The molecular formula is C13H11N3O. The number of aromatic nitrogens is 1. The smallest absolute Gasteiger partial charge is 0.144 e. The Labute approximate surface area is 99.3 Å². The lowest BCUT2D eigenvalue weighted by Gasteiger charge is -2.09. The van der Waals surface area contributed by atoms with Crippen LogP contribution in [0.15, 0.2) is 36.5 Å². The maximum Gasteiger partial charge on any atom is 0.144 e. The van der Waals surface area contributed by atoms with Gasteiger partial charge in [0, 0.05) is 24.0 Å². The van der Waals surface area contributed by atoms with Crippen molar-refractivity contribution in [2.45, 2.75) is 6.92 Å². The molecule has 0 aliphatic rings. The normalized spacial score (nSPS) is 9.65. The average molecular weight is 225 g/mol. The molecule has 0 aliphatic heterocycles. The van der Waals surface area contributed by atoms with E-state index in [2.05, 4.69) is 4.98 Å². The fourth-order valence-corrected chi connectivity index (χ4v) is 1.39. The summed E-state index contributed by atoms with van der Waals surface area (Å²) in [5.41, 5.74) is 7.64. The highest BCUT2D eigenvalue weighted by atomic mass is 16.5. The van der Waals surface area contributed by atoms with Gasteiger partial charge in [0.1, 0.15) is 23.3 Å². The summed E-state index contributed by atoms with van der Waals surface area (Å²) in [6, 6.07) is 10.7. The van der Waals surface area contributed by atoms with E-state index in [0.717, 1.165) is 5.56 Å². The van der Waals surface area contributed by atoms with Crippen LogP contribution in [0.5, 0.6) is 11.5 Å². The summed E-state index contributed by atoms with van der Waals surface area (Å²) in [6.07, 6.45) is 1.54. The predicted octanol–water partition coefficient (Wildman–Crippen LogP) is 2.64. The molecule has 0 atom stereocenters. The first-order valence-electron chi connectivity index (χ1n) is 5.09. The third-order valence-corrected chi connectivity index (χ3v) is 2.29. The highest BCUT2D eigenvalue weighted by Gasteiger charge is 2.03. The Kier molecular flexibility index (Phi) is 2.93. The van der Waals surface area contributed by atoms with E-state index in [4.69, 9.17) is 15.7 Å². The zero-order valence-corrected chi connectivity index (χ0v) is 9.34. The second-order valence-electron chi connectivity index (χ2n) is 3.62. The second kappa shape index (κ2) is 4.54. The van der Waals surface area contributed by atoms with Gasteiger partial charge in [-0.15, -0.1) is 0 Å². The topological polar surface area (TPSA) is 71.9 Å². The number of nitriles is 1. The monoisotopic (exact) mass is 225 g/mol. The number of benzene rings is 1. The standard InChI is InChI=1S/C13H11N3O/c1-9-2-3-10(15)6-13(9)17-12-4-5-16-11(7-12)8-14/h2-7H,15H2,1H3. The van der Waals surface area contributed by atoms with E-state index in [0.29, 0.717) is 22.9 Å². The highest BCUT2D eigenvalue weighted by molar-refractivity contribution is 5.49. The highest BCUT2D eigenvalue weighted by Crippen LogP contribution is 2.26. The van der Waals surface area contributed by atoms with Crippen LogP contribution >= 0.6 is 0 Å². The number of nitrogen functional groups attached to an aromatic ring is 1. The van der Waals surface area contributed by atoms with Crippen LogP contribution < -0.4 is 10.5 Å². The molecule has 17 heavy (non-hydrogen) atoms. The molecule has 4 nitrogen and oxygen atoms in total. The van der Waals surface area contributed by atoms with Crippen molar-refractivity contribution in [1.29, 1.82) is 5.26 Å². The van der Waals surface area contributed by atoms with Gasteiger partial charge in [0.15, 0.2) is 0 Å². The molecule has 0 saturated carbocycles. The van der Waals surface area contributed by atoms with Gasteiger partial charge in [0.25, 0.3) is 0 Å². The van der Waals surface area contributed by atoms with Crippen LogP contribution in [0.2, 0.25) is 0 Å². The maximum absolute atomic E-state index is 8.74. The first-order chi connectivity index (χ1) is 8.19. The van der Waals surface area contributed by atoms with E-state index in [9.17, 15) is 0 Å². The van der Waals surface area contributed by atoms with Gasteiger partial charge < -0.3 is 10.5 Å². The third-order valence-electron chi connectivity index (χ3n) is 2.29. The molecule has 0 spiro atoms. The summed E-state index contributed by atoms with van der Waals surface area (Å²) in [6.45, 7) is 1.93. The van der Waals surface area contributed by atoms with Gasteiger partial charge in [0.2, 0.25) is 0 Å². The van der Waals surface area contributed by atoms with Gasteiger partial charge in [-0.2, -0.15) is 5.26 Å². The van der Waals surface area contributed by atoms with E-state index in [1.54, 1.807) is 18.2 Å². The number of aryl methyl sites for hydroxylation is 1. The van der Waals surface area contributed by atoms with Crippen molar-refractivity contribution in [3.63, 3.8) is 0 Å². The fourth-order valence-electron chi connectivity index (χ4n) is 1.39. The number of pyridine rings is 1. The van der Waals surface area contributed by atoms with Crippen molar-refractivity contribution in [2.75, 3.05) is 5.73 Å². The number of rotatable bonds is 2. The molecule has 1 aromatic heterocycles. The van der Waals surface area contributed by atoms with Crippen LogP contribution in [-0.4, -0.2) is 4.98 Å². The van der Waals surface area contributed by atoms with Gasteiger partial charge in [-0.3, -0.25) is 0 Å². The molecule has 2 aromatic rings. The first kappa shape index (κ1) is 11.0. The molecule has 4 heteroatoms. The zero-order chi connectivity index (χ0) is 12.3. The Morgan fingerprint density at radius 2 is 2.12 bits per heavy atom. The van der Waals surface area contributed by atoms with Gasteiger partial charge >= 0.3 is 0 Å². The Morgan fingerprint density at radius 1 is 1.29 bits per heavy atom. The lowest BCUT2D eigenvalue weighted by molar-refractivity contribution is 0.478. The minimum absolute atomic E-state index is 0.323. The van der Waals surface area contributed by atoms with E-state index in [1.165, 1.54) is 6.20 Å². The molecule has 0 saturated heterocycles. The molecule has 0 unspecified atom stereocenters. The Balaban J connectivity index is 2.31. The number of hydrogen-bond acceptors (Lipinski definition) is 4. The van der Waals surface area contributed by atoms with Gasteiger partial charge in [0.05, 0.1) is 0 Å². The minimum atomic E-state index is 0.323. The SMILES string of the molecule is Cc1ccc(N)cc1Oc1ccnc(C#N)c1. The number of nitrogens with zero attached hydrogens (tertiary/aromatic N) is 2. The van der Waals surface area contributed by atoms with E-state index < -0.39 is 0 Å². The first-order valence-corrected chi connectivity index (χ1v) is 5.09. The molecule has 1 aromatic carbocycles. The molecule has 0 fully saturated rings. The molecule has 0 aliphatic carbocycles. The van der Waals surface area contributed by atoms with Crippen LogP contribution in [-0.2, 0) is 0 Å². The largest absolute Gasteiger partial charge is 0.457 e. The molecule has 2 rings (SSSR count). The second-order valence-corrected chi connectivity index (χ2v) is 3.62. The lowest BCUT2D eigenvalue weighted by Crippen LogP contribution is -1.92. The van der Waals surface area contributed by atoms with Crippen molar-refractivity contribution in [3.05, 3.63) is 47.8 Å². The van der Waals surface area contributed by atoms with E-state index in [1.807, 2.05) is 25.1 Å². The van der Waals surface area contributed by atoms with Crippen molar-refractivity contribution >= 4 is 5.69 Å². The van der Waals surface area contributed by atoms with E-state index in [-0.39, 0.29) is 0 Å². The van der Waals surface area contributed by atoms with Crippen LogP contribution in [0.1, 0.15) is 11.3 Å². The molecule has 0 amide bonds. The van der Waals surface area contributed by atoms with Crippen molar-refractivity contribution in [2.24, 2.45) is 0 Å². The van der Waals surface area contributed by atoms with Crippen molar-refractivity contribution < 1.29 is 4.74 Å². The molecule has 84 valence electrons. The van der Waals surface area contributed by atoms with Crippen LogP contribution in [0, 0.1) is 18.3 Å². The van der Waals surface area contributed by atoms with Gasteiger partial charge in [-0.25, -0.2) is 4.98 Å². The number of anilines is 1. The zero-order valence-electron chi connectivity index (χ0n) is 9.34. The molecular weight excluding hydrogens is 214 g/mol. The number of nitrogens with two attached hydrogens (primary N) is 1. The summed E-state index contributed by atoms with van der Waals surface area (Å²) in [4.78, 5) is 3.87. The summed E-state index contributed by atoms with van der Waals surface area (Å²) in [5, 5.41) is 8.74. The summed E-state index contributed by atoms with van der Waals surface area (Å²) >= 11 is 0. The average Bonchev–Trinajstić information content (AvgIpc) is 2.34. The molecule has 2 N–H and O–H groups in total. The molecule has 0 radical (unpaired) electrons. The van der Waals surface area contributed by atoms with Crippen molar-refractivity contribution in [1.82, 2.24) is 4.98 Å². The number of ether oxygens (including phenoxy) is 1. The predicted molar refractivity (Wildman–Crippen MR) is 64.6 cm³/mol. The molecule has 1 heterocycles. The summed E-state index contributed by atoms with van der Waals surface area (Å²) in [5.74, 6) is 1.25. The van der Waals surface area contributed by atoms with Gasteiger partial charge in [-0.1, -0.05) is 6.07 Å². The Bertz CT molecular complexity index is 587. The lowest BCUT2D eigenvalue weighted by atomic mass is 10.2.